The molecule has 1 aromatic rings. The number of hydrazone groups is 1. The van der Waals surface area contributed by atoms with Gasteiger partial charge in [-0.3, -0.25) is 9.80 Å². The fourth-order valence-electron chi connectivity index (χ4n) is 1.97. The lowest BCUT2D eigenvalue weighted by molar-refractivity contribution is -0.112. The Bertz CT molecular complexity index is 551. The molecule has 1 aromatic carbocycles. The van der Waals surface area contributed by atoms with Gasteiger partial charge in [0, 0.05) is 11.1 Å². The molecule has 4 nitrogen and oxygen atoms in total. The molecule has 0 unspecified atom stereocenters. The molecule has 0 saturated heterocycles. The molecule has 17 heavy (non-hydrogen) atoms. The van der Waals surface area contributed by atoms with Crippen LogP contribution in [0.15, 0.2) is 41.2 Å². The number of hydrogen-bond donors (Lipinski definition) is 0. The second-order valence-corrected chi connectivity index (χ2v) is 4.31. The number of carbonyl (C=O) groups is 1. The summed E-state index contributed by atoms with van der Waals surface area (Å²) in [6.45, 7) is 0.673. The molecule has 86 valence electrons. The third kappa shape index (κ3) is 1.80. The second-order valence-electron chi connectivity index (χ2n) is 3.88. The third-order valence-electron chi connectivity index (χ3n) is 2.68. The fourth-order valence-corrected chi connectivity index (χ4v) is 2.10. The van der Waals surface area contributed by atoms with Gasteiger partial charge < -0.3 is 4.74 Å². The van der Waals surface area contributed by atoms with Crippen LogP contribution in [-0.2, 0) is 4.79 Å². The molecule has 5 heteroatoms. The van der Waals surface area contributed by atoms with Gasteiger partial charge in [0.05, 0.1) is 12.8 Å². The fraction of sp³-hybridized carbons (Fsp3) is 0.167. The van der Waals surface area contributed by atoms with E-state index in [0.29, 0.717) is 6.54 Å². The van der Waals surface area contributed by atoms with Crippen LogP contribution in [0, 0.1) is 0 Å². The quantitative estimate of drug-likeness (QED) is 0.749. The molecule has 0 fully saturated rings. The van der Waals surface area contributed by atoms with Crippen molar-refractivity contribution in [3.05, 3.63) is 41.7 Å². The minimum absolute atomic E-state index is 0.116. The molecule has 2 heterocycles. The molecule has 3 rings (SSSR count). The summed E-state index contributed by atoms with van der Waals surface area (Å²) in [7, 11) is 0. The van der Waals surface area contributed by atoms with Gasteiger partial charge >= 0.3 is 0 Å². The number of benzene rings is 1. The van der Waals surface area contributed by atoms with Gasteiger partial charge in [-0.05, 0) is 23.7 Å². The lowest BCUT2D eigenvalue weighted by Crippen LogP contribution is -2.20. The monoisotopic (exact) mass is 248 g/mol. The minimum atomic E-state index is -0.414. The van der Waals surface area contributed by atoms with E-state index in [-0.39, 0.29) is 6.54 Å². The predicted molar refractivity (Wildman–Crippen MR) is 64.1 cm³/mol. The van der Waals surface area contributed by atoms with Crippen LogP contribution < -0.4 is 4.74 Å². The maximum absolute atomic E-state index is 10.9. The molecule has 2 aliphatic rings. The van der Waals surface area contributed by atoms with Crippen LogP contribution in [-0.4, -0.2) is 29.1 Å². The summed E-state index contributed by atoms with van der Waals surface area (Å²) in [5.74, 6) is 0.786. The molecule has 0 saturated carbocycles. The maximum Gasteiger partial charge on any atom is 0.242 e. The van der Waals surface area contributed by atoms with Crippen LogP contribution in [0.3, 0.4) is 0 Å². The summed E-state index contributed by atoms with van der Waals surface area (Å²) in [5, 5.41) is 5.61. The van der Waals surface area contributed by atoms with Crippen LogP contribution in [0.2, 0.25) is 0 Å². The third-order valence-corrected chi connectivity index (χ3v) is 2.80. The molecular weight excluding hydrogens is 240 g/mol. The lowest BCUT2D eigenvalue weighted by atomic mass is 10.0. The predicted octanol–water partition coefficient (Wildman–Crippen LogP) is 1.75. The van der Waals surface area contributed by atoms with E-state index < -0.39 is 5.24 Å². The largest absolute Gasteiger partial charge is 0.464 e. The van der Waals surface area contributed by atoms with E-state index in [9.17, 15) is 4.79 Å². The van der Waals surface area contributed by atoms with Gasteiger partial charge in [-0.25, -0.2) is 0 Å². The van der Waals surface area contributed by atoms with Crippen molar-refractivity contribution >= 4 is 22.6 Å². The summed E-state index contributed by atoms with van der Waals surface area (Å²) < 4.78 is 5.50. The highest BCUT2D eigenvalue weighted by Gasteiger charge is 2.27. The van der Waals surface area contributed by atoms with E-state index >= 15 is 0 Å². The second kappa shape index (κ2) is 3.89. The molecule has 0 aliphatic carbocycles. The number of nitrogens with zero attached hydrogens (tertiary/aromatic N) is 2. The average molecular weight is 249 g/mol. The van der Waals surface area contributed by atoms with Gasteiger partial charge in [-0.2, -0.15) is 5.10 Å². The van der Waals surface area contributed by atoms with E-state index in [0.717, 1.165) is 22.6 Å². The molecule has 0 spiro atoms. The number of halogens is 1. The Labute approximate surface area is 103 Å². The molecule has 0 atom stereocenters. The van der Waals surface area contributed by atoms with Gasteiger partial charge in [0.15, 0.2) is 0 Å². The van der Waals surface area contributed by atoms with E-state index in [1.54, 1.807) is 11.3 Å². The van der Waals surface area contributed by atoms with Gasteiger partial charge in [-0.15, -0.1) is 0 Å². The Balaban J connectivity index is 1.97. The normalized spacial score (nSPS) is 16.6. The first-order valence-corrected chi connectivity index (χ1v) is 5.59. The van der Waals surface area contributed by atoms with Crippen LogP contribution in [0.1, 0.15) is 5.56 Å². The zero-order valence-electron chi connectivity index (χ0n) is 8.89. The molecular formula is C12H9ClN2O2. The van der Waals surface area contributed by atoms with Crippen molar-refractivity contribution in [2.45, 2.75) is 0 Å². The Morgan fingerprint density at radius 3 is 3.12 bits per heavy atom. The molecule has 2 aliphatic heterocycles. The highest BCUT2D eigenvalue weighted by molar-refractivity contribution is 6.64. The molecule has 0 radical (unpaired) electrons. The van der Waals surface area contributed by atoms with E-state index in [1.807, 2.05) is 24.3 Å². The van der Waals surface area contributed by atoms with Gasteiger partial charge in [-0.1, -0.05) is 12.1 Å². The number of para-hydroxylation sites is 1. The van der Waals surface area contributed by atoms with Crippen molar-refractivity contribution < 1.29 is 9.53 Å². The van der Waals surface area contributed by atoms with Gasteiger partial charge in [0.2, 0.25) is 5.24 Å². The minimum Gasteiger partial charge on any atom is -0.464 e. The standard InChI is InChI=1S/C12H9ClN2O2/c13-11(16)6-15-5-8-7-17-10-4-2-1-3-9(10)12(8)14-15/h1-4,7H,5-6H2. The molecule has 0 bridgehead atoms. The zero-order chi connectivity index (χ0) is 11.8. The first kappa shape index (κ1) is 10.4. The Morgan fingerprint density at radius 2 is 2.29 bits per heavy atom. The SMILES string of the molecule is O=C(Cl)CN1CC2=COc3ccccc3C2=N1. The summed E-state index contributed by atoms with van der Waals surface area (Å²) in [5.41, 5.74) is 2.79. The van der Waals surface area contributed by atoms with Crippen LogP contribution in [0.4, 0.5) is 0 Å². The maximum atomic E-state index is 10.9. The van der Waals surface area contributed by atoms with E-state index in [2.05, 4.69) is 5.10 Å². The first-order chi connectivity index (χ1) is 8.24. The lowest BCUT2D eigenvalue weighted by Gasteiger charge is -2.14. The summed E-state index contributed by atoms with van der Waals surface area (Å²) >= 11 is 5.35. The summed E-state index contributed by atoms with van der Waals surface area (Å²) in [6, 6.07) is 7.68. The first-order valence-electron chi connectivity index (χ1n) is 5.21. The van der Waals surface area contributed by atoms with E-state index in [1.165, 1.54) is 0 Å². The molecule has 0 aromatic heterocycles. The van der Waals surface area contributed by atoms with Gasteiger partial charge in [0.25, 0.3) is 0 Å². The number of carbonyl (C=O) groups excluding carboxylic acids is 1. The van der Waals surface area contributed by atoms with Crippen molar-refractivity contribution in [1.82, 2.24) is 5.01 Å². The van der Waals surface area contributed by atoms with Crippen molar-refractivity contribution in [3.8, 4) is 5.75 Å². The van der Waals surface area contributed by atoms with E-state index in [4.69, 9.17) is 16.3 Å². The number of rotatable bonds is 2. The van der Waals surface area contributed by atoms with Crippen molar-refractivity contribution in [1.29, 1.82) is 0 Å². The number of fused-ring (bicyclic) bond motifs is 3. The zero-order valence-corrected chi connectivity index (χ0v) is 9.65. The van der Waals surface area contributed by atoms with Crippen LogP contribution in [0.25, 0.3) is 0 Å². The van der Waals surface area contributed by atoms with Gasteiger partial charge in [0.1, 0.15) is 18.0 Å². The van der Waals surface area contributed by atoms with Crippen molar-refractivity contribution in [2.75, 3.05) is 13.1 Å². The highest BCUT2D eigenvalue weighted by Crippen LogP contribution is 2.30. The average Bonchev–Trinajstić information content (AvgIpc) is 2.70. The molecule has 0 amide bonds. The topological polar surface area (TPSA) is 41.9 Å². The number of ether oxygens (including phenoxy) is 1. The van der Waals surface area contributed by atoms with Crippen LogP contribution in [0.5, 0.6) is 5.75 Å². The highest BCUT2D eigenvalue weighted by atomic mass is 35.5. The van der Waals surface area contributed by atoms with Crippen molar-refractivity contribution in [2.24, 2.45) is 5.10 Å². The number of hydrogen-bond acceptors (Lipinski definition) is 4. The Hall–Kier alpha value is -1.81. The molecule has 0 N–H and O–H groups in total. The summed E-state index contributed by atoms with van der Waals surface area (Å²) in [4.78, 5) is 10.9. The smallest absolute Gasteiger partial charge is 0.242 e. The Kier molecular flexibility index (Phi) is 2.37. The van der Waals surface area contributed by atoms with Crippen molar-refractivity contribution in [3.63, 3.8) is 0 Å². The van der Waals surface area contributed by atoms with Crippen LogP contribution >= 0.6 is 11.6 Å². The Morgan fingerprint density at radius 1 is 1.47 bits per heavy atom. The summed E-state index contributed by atoms with van der Waals surface area (Å²) in [6.07, 6.45) is 1.68.